The SMILES string of the molecule is c1ccc(-c2cc3ccc4c(c5ccccc5n4-c4cc(-c5ccncc5)cc(-c5ccncc5)n4)c3o2)cc1.c1ccc(-c2cc3ccc4c(c5ccccc5n4-c4nc(-c5ccncc5)cc(-c5ccncc5)n4)c3o2)cc1.c1ccc(-c2ccc(-c3nc(-c4ccccc4)nc(-c4ccc(-n5c6ccccc6c6c7oc(-c8ccccc8)cc7ccc65)cc4)n3)cc2)cc1. The third-order valence-corrected chi connectivity index (χ3v) is 24.3. The molecule has 0 radical (unpaired) electrons. The average Bonchev–Trinajstić information content (AvgIpc) is 1.58. The molecule has 16 nitrogen and oxygen atoms in total. The van der Waals surface area contributed by atoms with Crippen LogP contribution in [0.1, 0.15) is 0 Å². The molecule has 620 valence electrons. The van der Waals surface area contributed by atoms with Gasteiger partial charge in [0.15, 0.2) is 17.5 Å². The number of rotatable bonds is 14. The molecule has 0 fully saturated rings. The fourth-order valence-electron chi connectivity index (χ4n) is 18.1. The predicted octanol–water partition coefficient (Wildman–Crippen LogP) is 28.9. The first-order valence-electron chi connectivity index (χ1n) is 43.6. The van der Waals surface area contributed by atoms with E-state index in [1.165, 1.54) is 5.56 Å². The molecule has 0 aliphatic rings. The number of aromatic nitrogens is 13. The van der Waals surface area contributed by atoms with Crippen LogP contribution in [0, 0.1) is 0 Å². The standard InChI is InChI=1S/C47H30N4O.C35H22N4O.C34H21N5O/c1-4-12-31(13-5-1)32-20-22-35(23-21-32)46-48-45(34-16-8-3-9-17-34)49-47(50-46)36-24-27-38(28-25-36)51-40-19-11-10-18-39(40)43-41(51)29-26-37-30-42(52-44(37)43)33-14-6-2-7-15-33;1-2-6-25(7-3-1)32-21-26-10-11-31-34(35(26)40-32)28-8-4-5-9-30(28)39(31)33-22-27(23-12-16-36-17-13-23)20-29(38-33)24-14-18-37-19-15-24;1-2-6-24(7-3-1)31-20-25-10-11-30-32(33(25)40-31)26-8-4-5-9-29(26)39(30)34-37-27(22-12-16-35-17-13-22)21-28(38-34)23-14-18-36-19-15-23/h1-30H;1-22H;1-21H. The van der Waals surface area contributed by atoms with Crippen LogP contribution in [0.2, 0.25) is 0 Å². The molecule has 13 heterocycles. The van der Waals surface area contributed by atoms with Gasteiger partial charge < -0.3 is 17.8 Å². The summed E-state index contributed by atoms with van der Waals surface area (Å²) in [6, 6.07) is 135. The summed E-state index contributed by atoms with van der Waals surface area (Å²) in [5.41, 5.74) is 25.8. The Kier molecular flexibility index (Phi) is 19.5. The lowest BCUT2D eigenvalue weighted by Crippen LogP contribution is -2.04. The number of pyridine rings is 5. The van der Waals surface area contributed by atoms with Crippen molar-refractivity contribution in [2.45, 2.75) is 0 Å². The fourth-order valence-corrected chi connectivity index (χ4v) is 18.1. The average molecular weight is 1700 g/mol. The van der Waals surface area contributed by atoms with Crippen molar-refractivity contribution in [3.63, 3.8) is 0 Å². The van der Waals surface area contributed by atoms with E-state index in [1.807, 2.05) is 164 Å². The van der Waals surface area contributed by atoms with Crippen molar-refractivity contribution in [3.8, 4) is 142 Å². The van der Waals surface area contributed by atoms with Crippen LogP contribution in [0.5, 0.6) is 0 Å². The minimum atomic E-state index is 0.585. The molecule has 0 unspecified atom stereocenters. The van der Waals surface area contributed by atoms with E-state index in [1.54, 1.807) is 37.2 Å². The second-order valence-electron chi connectivity index (χ2n) is 32.3. The van der Waals surface area contributed by atoms with Gasteiger partial charge in [-0.2, -0.15) is 0 Å². The molecule has 0 aliphatic heterocycles. The van der Waals surface area contributed by atoms with Gasteiger partial charge in [0.1, 0.15) is 39.8 Å². The number of nitrogens with zero attached hydrogens (tertiary/aromatic N) is 13. The van der Waals surface area contributed by atoms with Crippen LogP contribution in [-0.2, 0) is 0 Å². The van der Waals surface area contributed by atoms with Crippen LogP contribution in [0.4, 0.5) is 0 Å². The van der Waals surface area contributed by atoms with Crippen LogP contribution in [0.25, 0.3) is 240 Å². The van der Waals surface area contributed by atoms with Gasteiger partial charge in [0, 0.05) is 138 Å². The van der Waals surface area contributed by atoms with Crippen molar-refractivity contribution >= 4 is 98.3 Å². The zero-order valence-electron chi connectivity index (χ0n) is 70.7. The molecule has 0 saturated heterocycles. The van der Waals surface area contributed by atoms with Gasteiger partial charge in [0.2, 0.25) is 5.95 Å². The largest absolute Gasteiger partial charge is 0.455 e. The molecule has 0 amide bonds. The van der Waals surface area contributed by atoms with Gasteiger partial charge in [-0.15, -0.1) is 0 Å². The highest BCUT2D eigenvalue weighted by molar-refractivity contribution is 6.22. The summed E-state index contributed by atoms with van der Waals surface area (Å²) in [5.74, 6) is 5.87. The molecule has 16 heteroatoms. The molecule has 13 aromatic heterocycles. The van der Waals surface area contributed by atoms with E-state index < -0.39 is 0 Å². The van der Waals surface area contributed by atoms with E-state index in [-0.39, 0.29) is 0 Å². The summed E-state index contributed by atoms with van der Waals surface area (Å²) in [4.78, 5) is 47.1. The molecule has 0 aliphatic carbocycles. The first kappa shape index (κ1) is 77.3. The lowest BCUT2D eigenvalue weighted by Gasteiger charge is -2.12. The minimum Gasteiger partial charge on any atom is -0.455 e. The number of hydrogen-bond acceptors (Lipinski definition) is 13. The van der Waals surface area contributed by atoms with E-state index >= 15 is 0 Å². The predicted molar refractivity (Wildman–Crippen MR) is 529 cm³/mol. The lowest BCUT2D eigenvalue weighted by atomic mass is 10.0. The summed E-state index contributed by atoms with van der Waals surface area (Å²) in [6.07, 6.45) is 14.4. The van der Waals surface area contributed by atoms with E-state index in [0.717, 1.165) is 211 Å². The minimum absolute atomic E-state index is 0.585. The maximum absolute atomic E-state index is 6.59. The molecule has 26 aromatic rings. The molecule has 132 heavy (non-hydrogen) atoms. The number of para-hydroxylation sites is 3. The quantitative estimate of drug-likeness (QED) is 0.100. The monoisotopic (exact) mass is 1700 g/mol. The first-order valence-corrected chi connectivity index (χ1v) is 43.6. The summed E-state index contributed by atoms with van der Waals surface area (Å²) >= 11 is 0. The van der Waals surface area contributed by atoms with Gasteiger partial charge in [0.05, 0.1) is 66.3 Å². The molecular formula is C116H73N13O3. The van der Waals surface area contributed by atoms with Gasteiger partial charge in [-0.1, -0.05) is 231 Å². The Balaban J connectivity index is 0.000000111. The third kappa shape index (κ3) is 14.3. The Morgan fingerprint density at radius 2 is 0.492 bits per heavy atom. The second kappa shape index (κ2) is 33.2. The van der Waals surface area contributed by atoms with Gasteiger partial charge in [-0.25, -0.2) is 29.9 Å². The maximum atomic E-state index is 6.59. The number of hydrogen-bond donors (Lipinski definition) is 0. The number of benzene rings is 13. The topological polar surface area (TPSA) is 183 Å². The van der Waals surface area contributed by atoms with Crippen molar-refractivity contribution < 1.29 is 13.3 Å². The first-order chi connectivity index (χ1) is 65.4. The fraction of sp³-hybridized carbons (Fsp3) is 0. The highest BCUT2D eigenvalue weighted by Gasteiger charge is 2.26. The molecule has 0 spiro atoms. The smallest absolute Gasteiger partial charge is 0.235 e. The zero-order chi connectivity index (χ0) is 87.4. The van der Waals surface area contributed by atoms with Crippen LogP contribution in [0.15, 0.2) is 457 Å². The van der Waals surface area contributed by atoms with Crippen molar-refractivity contribution in [2.75, 3.05) is 0 Å². The highest BCUT2D eigenvalue weighted by atomic mass is 16.3. The third-order valence-electron chi connectivity index (χ3n) is 24.3. The molecule has 0 N–H and O–H groups in total. The molecule has 0 atom stereocenters. The Labute approximate surface area is 755 Å². The maximum Gasteiger partial charge on any atom is 0.235 e. The van der Waals surface area contributed by atoms with Crippen molar-refractivity contribution in [2.24, 2.45) is 0 Å². The summed E-state index contributed by atoms with van der Waals surface area (Å²) in [6.45, 7) is 0. The van der Waals surface area contributed by atoms with Crippen LogP contribution < -0.4 is 0 Å². The molecular weight excluding hydrogens is 1620 g/mol. The lowest BCUT2D eigenvalue weighted by molar-refractivity contribution is 0.635. The van der Waals surface area contributed by atoms with Gasteiger partial charge in [-0.05, 0) is 186 Å². The van der Waals surface area contributed by atoms with Crippen LogP contribution in [-0.4, -0.2) is 63.5 Å². The van der Waals surface area contributed by atoms with Crippen LogP contribution >= 0.6 is 0 Å². The molecule has 26 rings (SSSR count). The van der Waals surface area contributed by atoms with Gasteiger partial charge in [-0.3, -0.25) is 29.1 Å². The Hall–Kier alpha value is -18.3. The van der Waals surface area contributed by atoms with E-state index in [9.17, 15) is 0 Å². The number of furan rings is 3. The molecule has 13 aromatic carbocycles. The molecule has 0 bridgehead atoms. The van der Waals surface area contributed by atoms with Crippen LogP contribution in [0.3, 0.4) is 0 Å². The van der Waals surface area contributed by atoms with Crippen molar-refractivity contribution in [1.29, 1.82) is 0 Å². The van der Waals surface area contributed by atoms with Gasteiger partial charge >= 0.3 is 0 Å². The summed E-state index contributed by atoms with van der Waals surface area (Å²) < 4.78 is 26.4. The van der Waals surface area contributed by atoms with Crippen molar-refractivity contribution in [3.05, 3.63) is 444 Å². The van der Waals surface area contributed by atoms with E-state index in [2.05, 4.69) is 276 Å². The summed E-state index contributed by atoms with van der Waals surface area (Å²) in [5, 5.41) is 9.79. The Morgan fingerprint density at radius 1 is 0.189 bits per heavy atom. The van der Waals surface area contributed by atoms with Gasteiger partial charge in [0.25, 0.3) is 0 Å². The van der Waals surface area contributed by atoms with E-state index in [0.29, 0.717) is 23.4 Å². The van der Waals surface area contributed by atoms with Crippen molar-refractivity contribution in [1.82, 2.24) is 63.5 Å². The van der Waals surface area contributed by atoms with E-state index in [4.69, 9.17) is 43.2 Å². The second-order valence-corrected chi connectivity index (χ2v) is 32.3. The highest BCUT2D eigenvalue weighted by Crippen LogP contribution is 2.46. The Bertz CT molecular complexity index is 8350. The zero-order valence-corrected chi connectivity index (χ0v) is 70.7. The summed E-state index contributed by atoms with van der Waals surface area (Å²) in [7, 11) is 0. The Morgan fingerprint density at radius 3 is 0.909 bits per heavy atom. The normalized spacial score (nSPS) is 11.5. The number of fused-ring (bicyclic) bond motifs is 15. The molecule has 0 saturated carbocycles.